The molecule has 1 aromatic rings. The zero-order valence-electron chi connectivity index (χ0n) is 12.4. The second kappa shape index (κ2) is 7.29. The first kappa shape index (κ1) is 15.7. The van der Waals surface area contributed by atoms with Crippen molar-refractivity contribution in [3.05, 3.63) is 35.4 Å². The van der Waals surface area contributed by atoms with Crippen molar-refractivity contribution in [2.45, 2.75) is 45.1 Å². The minimum atomic E-state index is -0.715. The first-order valence-corrected chi connectivity index (χ1v) is 6.90. The van der Waals surface area contributed by atoms with Crippen LogP contribution >= 0.6 is 0 Å². The van der Waals surface area contributed by atoms with E-state index in [-0.39, 0.29) is 6.42 Å². The lowest BCUT2D eigenvalue weighted by Gasteiger charge is -2.25. The molecule has 0 amide bonds. The van der Waals surface area contributed by atoms with E-state index in [1.54, 1.807) is 0 Å². The van der Waals surface area contributed by atoms with Gasteiger partial charge in [-0.2, -0.15) is 0 Å². The van der Waals surface area contributed by atoms with Gasteiger partial charge >= 0.3 is 5.97 Å². The van der Waals surface area contributed by atoms with Crippen molar-refractivity contribution in [3.63, 3.8) is 0 Å². The molecule has 0 spiro atoms. The molecular formula is C16H25NO2. The Kier molecular flexibility index (Phi) is 6.03. The molecular weight excluding hydrogens is 238 g/mol. The molecule has 0 radical (unpaired) electrons. The predicted octanol–water partition coefficient (Wildman–Crippen LogP) is 3.67. The summed E-state index contributed by atoms with van der Waals surface area (Å²) < 4.78 is 0. The predicted molar refractivity (Wildman–Crippen MR) is 78.4 cm³/mol. The van der Waals surface area contributed by atoms with Gasteiger partial charge in [-0.1, -0.05) is 38.1 Å². The van der Waals surface area contributed by atoms with E-state index in [1.165, 1.54) is 11.1 Å². The monoisotopic (exact) mass is 263 g/mol. The van der Waals surface area contributed by atoms with Crippen molar-refractivity contribution in [3.8, 4) is 0 Å². The quantitative estimate of drug-likeness (QED) is 0.816. The molecule has 3 heteroatoms. The highest BCUT2D eigenvalue weighted by molar-refractivity contribution is 5.66. The molecule has 0 aliphatic rings. The third kappa shape index (κ3) is 5.03. The summed E-state index contributed by atoms with van der Waals surface area (Å²) >= 11 is 0. The summed E-state index contributed by atoms with van der Waals surface area (Å²) in [5.74, 6) is -0.175. The minimum absolute atomic E-state index is 0.244. The van der Waals surface area contributed by atoms with Crippen LogP contribution in [0.25, 0.3) is 0 Å². The Morgan fingerprint density at radius 1 is 1.16 bits per heavy atom. The summed E-state index contributed by atoms with van der Waals surface area (Å²) in [6.07, 6.45) is 1.83. The molecule has 0 aromatic heterocycles. The molecule has 3 nitrogen and oxygen atoms in total. The van der Waals surface area contributed by atoms with Crippen molar-refractivity contribution in [2.75, 3.05) is 14.1 Å². The van der Waals surface area contributed by atoms with E-state index in [0.29, 0.717) is 18.4 Å². The Hall–Kier alpha value is -1.35. The molecule has 0 saturated heterocycles. The smallest absolute Gasteiger partial charge is 0.303 e. The van der Waals surface area contributed by atoms with Gasteiger partial charge in [0.1, 0.15) is 0 Å². The van der Waals surface area contributed by atoms with Gasteiger partial charge in [0.05, 0.1) is 0 Å². The van der Waals surface area contributed by atoms with Gasteiger partial charge in [-0.05, 0) is 44.0 Å². The van der Waals surface area contributed by atoms with Crippen LogP contribution in [-0.2, 0) is 4.79 Å². The zero-order chi connectivity index (χ0) is 14.4. The van der Waals surface area contributed by atoms with E-state index in [9.17, 15) is 4.79 Å². The fraction of sp³-hybridized carbons (Fsp3) is 0.562. The van der Waals surface area contributed by atoms with E-state index in [0.717, 1.165) is 6.42 Å². The van der Waals surface area contributed by atoms with Crippen LogP contribution in [0.4, 0.5) is 0 Å². The number of benzene rings is 1. The van der Waals surface area contributed by atoms with Crippen LogP contribution in [-0.4, -0.2) is 30.1 Å². The number of carboxylic acids is 1. The summed E-state index contributed by atoms with van der Waals surface area (Å²) in [5.41, 5.74) is 2.60. The van der Waals surface area contributed by atoms with Gasteiger partial charge in [-0.25, -0.2) is 0 Å². The molecule has 0 aliphatic carbocycles. The fourth-order valence-electron chi connectivity index (χ4n) is 2.27. The number of hydrogen-bond donors (Lipinski definition) is 1. The highest BCUT2D eigenvalue weighted by Crippen LogP contribution is 2.26. The Balaban J connectivity index is 2.72. The van der Waals surface area contributed by atoms with Gasteiger partial charge in [0, 0.05) is 12.5 Å². The van der Waals surface area contributed by atoms with Crippen LogP contribution in [0.3, 0.4) is 0 Å². The van der Waals surface area contributed by atoms with Crippen LogP contribution in [0.1, 0.15) is 56.2 Å². The second-order valence-electron chi connectivity index (χ2n) is 5.59. The molecule has 19 heavy (non-hydrogen) atoms. The minimum Gasteiger partial charge on any atom is -0.481 e. The van der Waals surface area contributed by atoms with Gasteiger partial charge in [-0.3, -0.25) is 4.79 Å². The Morgan fingerprint density at radius 2 is 1.68 bits per heavy atom. The average molecular weight is 263 g/mol. The van der Waals surface area contributed by atoms with E-state index in [2.05, 4.69) is 43.0 Å². The SMILES string of the molecule is CC(C)c1ccc(C(CCCC(=O)O)N(C)C)cc1. The third-order valence-corrected chi connectivity index (χ3v) is 3.48. The Bertz CT molecular complexity index is 396. The highest BCUT2D eigenvalue weighted by Gasteiger charge is 2.14. The Morgan fingerprint density at radius 3 is 2.11 bits per heavy atom. The van der Waals surface area contributed by atoms with Crippen LogP contribution in [0, 0.1) is 0 Å². The maximum absolute atomic E-state index is 10.6. The number of rotatable bonds is 7. The highest BCUT2D eigenvalue weighted by atomic mass is 16.4. The van der Waals surface area contributed by atoms with E-state index < -0.39 is 5.97 Å². The van der Waals surface area contributed by atoms with Crippen molar-refractivity contribution in [1.82, 2.24) is 4.90 Å². The second-order valence-corrected chi connectivity index (χ2v) is 5.59. The maximum atomic E-state index is 10.6. The fourth-order valence-corrected chi connectivity index (χ4v) is 2.27. The van der Waals surface area contributed by atoms with Crippen LogP contribution in [0.15, 0.2) is 24.3 Å². The molecule has 0 heterocycles. The maximum Gasteiger partial charge on any atom is 0.303 e. The van der Waals surface area contributed by atoms with Crippen molar-refractivity contribution in [2.24, 2.45) is 0 Å². The summed E-state index contributed by atoms with van der Waals surface area (Å²) in [5, 5.41) is 8.72. The average Bonchev–Trinajstić information content (AvgIpc) is 2.34. The molecule has 106 valence electrons. The van der Waals surface area contributed by atoms with Crippen molar-refractivity contribution in [1.29, 1.82) is 0 Å². The molecule has 0 saturated carbocycles. The van der Waals surface area contributed by atoms with Crippen LogP contribution < -0.4 is 0 Å². The third-order valence-electron chi connectivity index (χ3n) is 3.48. The molecule has 1 aromatic carbocycles. The summed E-state index contributed by atoms with van der Waals surface area (Å²) in [6, 6.07) is 8.98. The number of carboxylic acid groups (broad SMARTS) is 1. The molecule has 1 rings (SSSR count). The molecule has 1 N–H and O–H groups in total. The van der Waals surface area contributed by atoms with Gasteiger partial charge in [0.25, 0.3) is 0 Å². The summed E-state index contributed by atoms with van der Waals surface area (Å²) in [6.45, 7) is 4.37. The van der Waals surface area contributed by atoms with Gasteiger partial charge in [0.2, 0.25) is 0 Å². The van der Waals surface area contributed by atoms with Crippen molar-refractivity contribution >= 4 is 5.97 Å². The topological polar surface area (TPSA) is 40.5 Å². The Labute approximate surface area is 116 Å². The van der Waals surface area contributed by atoms with E-state index in [1.807, 2.05) is 14.1 Å². The lowest BCUT2D eigenvalue weighted by Crippen LogP contribution is -2.20. The standard InChI is InChI=1S/C16H25NO2/c1-12(2)13-8-10-14(11-9-13)15(17(3)4)6-5-7-16(18)19/h8-12,15H,5-7H2,1-4H3,(H,18,19). The molecule has 1 atom stereocenters. The number of nitrogens with zero attached hydrogens (tertiary/aromatic N) is 1. The zero-order valence-corrected chi connectivity index (χ0v) is 12.4. The number of carbonyl (C=O) groups is 1. The first-order chi connectivity index (χ1) is 8.91. The summed E-state index contributed by atoms with van der Waals surface area (Å²) in [7, 11) is 4.09. The van der Waals surface area contributed by atoms with Crippen molar-refractivity contribution < 1.29 is 9.90 Å². The number of hydrogen-bond acceptors (Lipinski definition) is 2. The molecule has 0 aliphatic heterocycles. The molecule has 0 fully saturated rings. The molecule has 1 unspecified atom stereocenters. The van der Waals surface area contributed by atoms with Crippen LogP contribution in [0.2, 0.25) is 0 Å². The van der Waals surface area contributed by atoms with Gasteiger partial charge < -0.3 is 10.0 Å². The van der Waals surface area contributed by atoms with E-state index in [4.69, 9.17) is 5.11 Å². The largest absolute Gasteiger partial charge is 0.481 e. The first-order valence-electron chi connectivity index (χ1n) is 6.90. The van der Waals surface area contributed by atoms with Gasteiger partial charge in [-0.15, -0.1) is 0 Å². The van der Waals surface area contributed by atoms with Gasteiger partial charge in [0.15, 0.2) is 0 Å². The van der Waals surface area contributed by atoms with E-state index >= 15 is 0 Å². The summed E-state index contributed by atoms with van der Waals surface area (Å²) in [4.78, 5) is 12.8. The normalized spacial score (nSPS) is 12.9. The number of aliphatic carboxylic acids is 1. The lowest BCUT2D eigenvalue weighted by molar-refractivity contribution is -0.137. The lowest BCUT2D eigenvalue weighted by atomic mass is 9.96. The van der Waals surface area contributed by atoms with Crippen LogP contribution in [0.5, 0.6) is 0 Å². The molecule has 0 bridgehead atoms.